The second kappa shape index (κ2) is 11.3. The fraction of sp³-hybridized carbons (Fsp3) is 0.200. The molecule has 0 spiro atoms. The number of carbonyl (C=O) groups is 1. The Morgan fingerprint density at radius 3 is 2.61 bits per heavy atom. The van der Waals surface area contributed by atoms with E-state index in [0.29, 0.717) is 22.2 Å². The average molecular weight is 566 g/mol. The molecule has 41 heavy (non-hydrogen) atoms. The second-order valence-electron chi connectivity index (χ2n) is 9.91. The van der Waals surface area contributed by atoms with Gasteiger partial charge in [0.1, 0.15) is 12.2 Å². The summed E-state index contributed by atoms with van der Waals surface area (Å²) in [5, 5.41) is 23.8. The topological polar surface area (TPSA) is 119 Å². The molecule has 3 aromatic heterocycles. The van der Waals surface area contributed by atoms with E-state index in [1.54, 1.807) is 29.2 Å². The summed E-state index contributed by atoms with van der Waals surface area (Å²) in [6.07, 6.45) is 4.20. The Labute approximate surface area is 241 Å². The fourth-order valence-electron chi connectivity index (χ4n) is 5.13. The molecule has 11 heteroatoms. The summed E-state index contributed by atoms with van der Waals surface area (Å²) in [6, 6.07) is 21.9. The first kappa shape index (κ1) is 26.4. The summed E-state index contributed by atoms with van der Waals surface area (Å²) in [5.74, 6) is 0.904. The van der Waals surface area contributed by atoms with Crippen molar-refractivity contribution in [2.24, 2.45) is 0 Å². The number of aryl methyl sites for hydroxylation is 3. The third-order valence-electron chi connectivity index (χ3n) is 7.08. The van der Waals surface area contributed by atoms with Crippen molar-refractivity contribution in [1.29, 1.82) is 0 Å². The molecule has 0 radical (unpaired) electrons. The number of rotatable bonds is 9. The first-order chi connectivity index (χ1) is 20.0. The molecule has 6 rings (SSSR count). The Morgan fingerprint density at radius 2 is 1.88 bits per heavy atom. The number of amides is 1. The number of H-pyrrole nitrogens is 1. The van der Waals surface area contributed by atoms with Gasteiger partial charge in [0, 0.05) is 11.1 Å². The number of aromatic amines is 1. The molecule has 0 aliphatic carbocycles. The molecule has 0 saturated carbocycles. The zero-order chi connectivity index (χ0) is 28.3. The van der Waals surface area contributed by atoms with Gasteiger partial charge in [0.2, 0.25) is 5.82 Å². The van der Waals surface area contributed by atoms with Crippen LogP contribution in [-0.4, -0.2) is 45.9 Å². The molecule has 0 atom stereocenters. The molecular weight excluding hydrogens is 538 g/mol. The van der Waals surface area contributed by atoms with Crippen molar-refractivity contribution in [3.63, 3.8) is 0 Å². The predicted octanol–water partition coefficient (Wildman–Crippen LogP) is 5.24. The van der Waals surface area contributed by atoms with Crippen molar-refractivity contribution in [2.45, 2.75) is 39.8 Å². The minimum Gasteiger partial charge on any atom is -0.334 e. The molecule has 0 fully saturated rings. The lowest BCUT2D eigenvalue weighted by molar-refractivity contribution is 0.0942. The highest BCUT2D eigenvalue weighted by atomic mass is 35.5. The maximum absolute atomic E-state index is 13.3. The number of aromatic nitrogens is 8. The van der Waals surface area contributed by atoms with Gasteiger partial charge < -0.3 is 9.88 Å². The largest absolute Gasteiger partial charge is 0.334 e. The van der Waals surface area contributed by atoms with Crippen LogP contribution in [0, 0.1) is 13.8 Å². The molecule has 0 unspecified atom stereocenters. The van der Waals surface area contributed by atoms with Crippen LogP contribution in [0.5, 0.6) is 0 Å². The Kier molecular flexibility index (Phi) is 7.30. The SMILES string of the molecule is Cc1ccc2c(c1)c(-c1nn[nH]n1)c(CCCc1ccccc1)n2CNC(=O)c1ccc(-n2cnc(C)n2)cc1Cl. The first-order valence-corrected chi connectivity index (χ1v) is 13.7. The maximum atomic E-state index is 13.3. The van der Waals surface area contributed by atoms with Crippen molar-refractivity contribution >= 4 is 28.4 Å². The van der Waals surface area contributed by atoms with Gasteiger partial charge in [-0.25, -0.2) is 9.67 Å². The van der Waals surface area contributed by atoms with E-state index in [0.717, 1.165) is 52.7 Å². The van der Waals surface area contributed by atoms with E-state index in [1.807, 2.05) is 13.0 Å². The predicted molar refractivity (Wildman–Crippen MR) is 157 cm³/mol. The summed E-state index contributed by atoms with van der Waals surface area (Å²) in [5.41, 5.74) is 6.44. The molecule has 0 aliphatic rings. The highest BCUT2D eigenvalue weighted by molar-refractivity contribution is 6.34. The molecule has 1 amide bonds. The summed E-state index contributed by atoms with van der Waals surface area (Å²) < 4.78 is 3.75. The number of hydrogen-bond donors (Lipinski definition) is 2. The van der Waals surface area contributed by atoms with E-state index in [1.165, 1.54) is 5.56 Å². The lowest BCUT2D eigenvalue weighted by Gasteiger charge is -2.14. The van der Waals surface area contributed by atoms with Crippen LogP contribution in [0.2, 0.25) is 5.02 Å². The fourth-order valence-corrected chi connectivity index (χ4v) is 5.39. The number of nitrogens with zero attached hydrogens (tertiary/aromatic N) is 7. The van der Waals surface area contributed by atoms with Gasteiger partial charge in [-0.15, -0.1) is 10.2 Å². The molecule has 0 saturated heterocycles. The van der Waals surface area contributed by atoms with Crippen molar-refractivity contribution in [2.75, 3.05) is 0 Å². The van der Waals surface area contributed by atoms with Crippen LogP contribution >= 0.6 is 11.6 Å². The number of carbonyl (C=O) groups excluding carboxylic acids is 1. The lowest BCUT2D eigenvalue weighted by Crippen LogP contribution is -2.27. The lowest BCUT2D eigenvalue weighted by atomic mass is 10.0. The average Bonchev–Trinajstić information content (AvgIpc) is 3.72. The summed E-state index contributed by atoms with van der Waals surface area (Å²) >= 11 is 6.55. The van der Waals surface area contributed by atoms with E-state index in [2.05, 4.69) is 90.0 Å². The molecule has 2 N–H and O–H groups in total. The smallest absolute Gasteiger partial charge is 0.254 e. The molecule has 3 heterocycles. The Hall–Kier alpha value is -4.83. The maximum Gasteiger partial charge on any atom is 0.254 e. The van der Waals surface area contributed by atoms with Gasteiger partial charge in [-0.2, -0.15) is 10.3 Å². The number of benzene rings is 3. The number of halogens is 1. The van der Waals surface area contributed by atoms with Crippen molar-refractivity contribution in [3.05, 3.63) is 106 Å². The van der Waals surface area contributed by atoms with Crippen molar-refractivity contribution in [3.8, 4) is 17.1 Å². The Balaban J connectivity index is 1.31. The number of tetrazole rings is 1. The zero-order valence-electron chi connectivity index (χ0n) is 22.7. The molecule has 206 valence electrons. The number of nitrogens with one attached hydrogen (secondary N) is 2. The van der Waals surface area contributed by atoms with Crippen LogP contribution < -0.4 is 5.32 Å². The normalized spacial score (nSPS) is 11.3. The van der Waals surface area contributed by atoms with Gasteiger partial charge in [-0.3, -0.25) is 4.79 Å². The van der Waals surface area contributed by atoms with Crippen molar-refractivity contribution < 1.29 is 4.79 Å². The van der Waals surface area contributed by atoms with Gasteiger partial charge in [0.25, 0.3) is 5.91 Å². The molecular formula is C30H28ClN9O. The molecule has 6 aromatic rings. The highest BCUT2D eigenvalue weighted by Crippen LogP contribution is 2.34. The van der Waals surface area contributed by atoms with Gasteiger partial charge >= 0.3 is 0 Å². The Morgan fingerprint density at radius 1 is 1.02 bits per heavy atom. The van der Waals surface area contributed by atoms with Gasteiger partial charge in [0.15, 0.2) is 0 Å². The van der Waals surface area contributed by atoms with Gasteiger partial charge in [-0.1, -0.05) is 53.6 Å². The van der Waals surface area contributed by atoms with E-state index in [4.69, 9.17) is 11.6 Å². The van der Waals surface area contributed by atoms with E-state index in [9.17, 15) is 4.79 Å². The van der Waals surface area contributed by atoms with Crippen LogP contribution in [-0.2, 0) is 19.5 Å². The molecule has 0 aliphatic heterocycles. The van der Waals surface area contributed by atoms with Gasteiger partial charge in [-0.05, 0) is 74.2 Å². The summed E-state index contributed by atoms with van der Waals surface area (Å²) in [6.45, 7) is 4.11. The quantitative estimate of drug-likeness (QED) is 0.247. The van der Waals surface area contributed by atoms with Crippen molar-refractivity contribution in [1.82, 2.24) is 45.3 Å². The summed E-state index contributed by atoms with van der Waals surface area (Å²) in [7, 11) is 0. The minimum atomic E-state index is -0.276. The number of fused-ring (bicyclic) bond motifs is 1. The van der Waals surface area contributed by atoms with E-state index >= 15 is 0 Å². The van der Waals surface area contributed by atoms with E-state index < -0.39 is 0 Å². The first-order valence-electron chi connectivity index (χ1n) is 13.3. The third kappa shape index (κ3) is 5.46. The Bertz CT molecular complexity index is 1820. The standard InChI is InChI=1S/C30H28ClN9O/c1-19-11-14-26-24(15-19)28(29-34-37-38-35-29)27(10-6-9-21-7-4-3-5-8-21)39(26)17-33-30(41)23-13-12-22(16-25(23)31)40-18-32-20(2)36-40/h3-5,7-8,11-16,18H,6,9-10,17H2,1-2H3,(H,33,41)(H,34,35,37,38). The van der Waals surface area contributed by atoms with Crippen LogP contribution in [0.1, 0.15) is 39.4 Å². The molecule has 0 bridgehead atoms. The van der Waals surface area contributed by atoms with Crippen LogP contribution in [0.4, 0.5) is 0 Å². The number of hydrogen-bond acceptors (Lipinski definition) is 6. The van der Waals surface area contributed by atoms with E-state index in [-0.39, 0.29) is 12.6 Å². The zero-order valence-corrected chi connectivity index (χ0v) is 23.4. The van der Waals surface area contributed by atoms with Crippen LogP contribution in [0.25, 0.3) is 28.0 Å². The minimum absolute atomic E-state index is 0.247. The molecule has 3 aromatic carbocycles. The van der Waals surface area contributed by atoms with Crippen LogP contribution in [0.15, 0.2) is 73.1 Å². The second-order valence-corrected chi connectivity index (χ2v) is 10.3. The third-order valence-corrected chi connectivity index (χ3v) is 7.40. The highest BCUT2D eigenvalue weighted by Gasteiger charge is 2.22. The summed E-state index contributed by atoms with van der Waals surface area (Å²) in [4.78, 5) is 17.5. The van der Waals surface area contributed by atoms with Crippen LogP contribution in [0.3, 0.4) is 0 Å². The molecule has 10 nitrogen and oxygen atoms in total. The van der Waals surface area contributed by atoms with Gasteiger partial charge in [0.05, 0.1) is 34.0 Å². The monoisotopic (exact) mass is 565 g/mol.